The minimum Gasteiger partial charge on any atom is -0.207 e. The molecule has 0 amide bonds. The summed E-state index contributed by atoms with van der Waals surface area (Å²) < 4.78 is 56.3. The number of rotatable bonds is 5. The second kappa shape index (κ2) is 7.83. The molecule has 0 saturated carbocycles. The van der Waals surface area contributed by atoms with Crippen molar-refractivity contribution in [2.24, 2.45) is 5.92 Å². The van der Waals surface area contributed by atoms with Crippen LogP contribution in [0.2, 0.25) is 0 Å². The molecule has 1 heterocycles. The molecule has 1 aliphatic rings. The molecule has 8 heteroatoms. The highest BCUT2D eigenvalue weighted by atomic mass is 32.2. The Labute approximate surface area is 174 Å². The van der Waals surface area contributed by atoms with Crippen LogP contribution < -0.4 is 0 Å². The third-order valence-corrected chi connectivity index (χ3v) is 9.10. The Morgan fingerprint density at radius 2 is 1.21 bits per heavy atom. The van der Waals surface area contributed by atoms with E-state index in [1.54, 1.807) is 55.5 Å². The van der Waals surface area contributed by atoms with Crippen LogP contribution in [0.4, 0.5) is 0 Å². The van der Waals surface area contributed by atoms with Gasteiger partial charge in [-0.15, -0.1) is 0 Å². The molecule has 1 aliphatic heterocycles. The molecular weight excluding hydrogens is 408 g/mol. The molecule has 2 aromatic carbocycles. The van der Waals surface area contributed by atoms with Gasteiger partial charge in [-0.1, -0.05) is 49.2 Å². The van der Waals surface area contributed by atoms with Crippen molar-refractivity contribution < 1.29 is 16.8 Å². The lowest BCUT2D eigenvalue weighted by Crippen LogP contribution is -2.48. The normalized spacial score (nSPS) is 21.7. The van der Waals surface area contributed by atoms with Crippen molar-refractivity contribution in [2.45, 2.75) is 56.6 Å². The summed E-state index contributed by atoms with van der Waals surface area (Å²) in [5, 5.41) is 0. The van der Waals surface area contributed by atoms with Crippen molar-refractivity contribution in [3.8, 4) is 0 Å². The van der Waals surface area contributed by atoms with E-state index in [4.69, 9.17) is 0 Å². The predicted molar refractivity (Wildman–Crippen MR) is 113 cm³/mol. The Morgan fingerprint density at radius 1 is 0.793 bits per heavy atom. The topological polar surface area (TPSA) is 74.8 Å². The van der Waals surface area contributed by atoms with E-state index in [-0.39, 0.29) is 22.3 Å². The van der Waals surface area contributed by atoms with Crippen LogP contribution in [0.1, 0.15) is 31.9 Å². The summed E-state index contributed by atoms with van der Waals surface area (Å²) in [5.74, 6) is -0.222. The zero-order valence-corrected chi connectivity index (χ0v) is 19.0. The summed E-state index contributed by atoms with van der Waals surface area (Å²) in [6, 6.07) is 12.8. The maximum atomic E-state index is 13.4. The first-order valence-electron chi connectivity index (χ1n) is 9.65. The highest BCUT2D eigenvalue weighted by molar-refractivity contribution is 7.90. The van der Waals surface area contributed by atoms with Gasteiger partial charge < -0.3 is 0 Å². The molecule has 2 aromatic rings. The van der Waals surface area contributed by atoms with E-state index in [2.05, 4.69) is 0 Å². The van der Waals surface area contributed by atoms with E-state index in [9.17, 15) is 16.8 Å². The first kappa shape index (κ1) is 22.0. The number of sulfonamides is 2. The second-order valence-corrected chi connectivity index (χ2v) is 11.8. The molecule has 0 radical (unpaired) electrons. The van der Waals surface area contributed by atoms with E-state index < -0.39 is 32.3 Å². The summed E-state index contributed by atoms with van der Waals surface area (Å²) in [5.41, 5.74) is 1.92. The molecule has 1 saturated heterocycles. The van der Waals surface area contributed by atoms with E-state index in [1.165, 1.54) is 8.61 Å². The smallest absolute Gasteiger partial charge is 0.207 e. The van der Waals surface area contributed by atoms with Crippen molar-refractivity contribution in [2.75, 3.05) is 6.54 Å². The predicted octanol–water partition coefficient (Wildman–Crippen LogP) is 3.37. The maximum absolute atomic E-state index is 13.4. The number of benzene rings is 2. The van der Waals surface area contributed by atoms with Crippen LogP contribution in [-0.4, -0.2) is 44.2 Å². The zero-order chi connectivity index (χ0) is 21.6. The monoisotopic (exact) mass is 436 g/mol. The molecule has 0 unspecified atom stereocenters. The zero-order valence-electron chi connectivity index (χ0n) is 17.4. The first-order valence-corrected chi connectivity index (χ1v) is 12.5. The fourth-order valence-corrected chi connectivity index (χ4v) is 7.52. The summed E-state index contributed by atoms with van der Waals surface area (Å²) in [7, 11) is -7.69. The highest BCUT2D eigenvalue weighted by Gasteiger charge is 2.50. The fraction of sp³-hybridized carbons (Fsp3) is 0.429. The SMILES string of the molecule is Cc1ccc(S(=O)(=O)N2C[C@@H](C)N(S(=O)(=O)c3ccc(C)cc3)[C@@H]2C(C)C)cc1. The Balaban J connectivity index is 2.07. The van der Waals surface area contributed by atoms with Crippen LogP contribution in [0.15, 0.2) is 58.3 Å². The van der Waals surface area contributed by atoms with Crippen LogP contribution in [-0.2, 0) is 20.0 Å². The van der Waals surface area contributed by atoms with Crippen LogP contribution in [0.5, 0.6) is 0 Å². The van der Waals surface area contributed by atoms with Gasteiger partial charge in [-0.3, -0.25) is 0 Å². The Morgan fingerprint density at radius 3 is 1.62 bits per heavy atom. The Bertz CT molecular complexity index is 1080. The van der Waals surface area contributed by atoms with E-state index >= 15 is 0 Å². The van der Waals surface area contributed by atoms with E-state index in [0.717, 1.165) is 11.1 Å². The molecule has 0 N–H and O–H groups in total. The van der Waals surface area contributed by atoms with Gasteiger partial charge in [-0.25, -0.2) is 16.8 Å². The van der Waals surface area contributed by atoms with Crippen molar-refractivity contribution >= 4 is 20.0 Å². The molecule has 0 aliphatic carbocycles. The van der Waals surface area contributed by atoms with Crippen molar-refractivity contribution in [1.82, 2.24) is 8.61 Å². The third kappa shape index (κ3) is 3.99. The molecule has 1 fully saturated rings. The van der Waals surface area contributed by atoms with Gasteiger partial charge in [0.15, 0.2) is 0 Å². The molecule has 0 aromatic heterocycles. The van der Waals surface area contributed by atoms with Gasteiger partial charge in [0.05, 0.1) is 16.0 Å². The molecule has 2 atom stereocenters. The van der Waals surface area contributed by atoms with Crippen LogP contribution in [0, 0.1) is 19.8 Å². The standard InChI is InChI=1S/C21H28N2O4S2/c1-15(2)21-22(28(24,25)19-10-6-16(3)7-11-19)14-18(5)23(21)29(26,27)20-12-8-17(4)9-13-20/h6-13,15,18,21H,14H2,1-5H3/t18-,21-/m1/s1. The quantitative estimate of drug-likeness (QED) is 0.720. The summed E-state index contributed by atoms with van der Waals surface area (Å²) in [4.78, 5) is 0.353. The highest BCUT2D eigenvalue weighted by Crippen LogP contribution is 2.36. The minimum absolute atomic E-state index is 0.115. The van der Waals surface area contributed by atoms with Crippen LogP contribution in [0.3, 0.4) is 0 Å². The van der Waals surface area contributed by atoms with Crippen molar-refractivity contribution in [1.29, 1.82) is 0 Å². The van der Waals surface area contributed by atoms with E-state index in [0.29, 0.717) is 0 Å². The van der Waals surface area contributed by atoms with Gasteiger partial charge in [-0.05, 0) is 51.0 Å². The van der Waals surface area contributed by atoms with Gasteiger partial charge in [0.25, 0.3) is 0 Å². The molecule has 29 heavy (non-hydrogen) atoms. The van der Waals surface area contributed by atoms with Gasteiger partial charge in [0, 0.05) is 12.6 Å². The third-order valence-electron chi connectivity index (χ3n) is 5.25. The van der Waals surface area contributed by atoms with Crippen molar-refractivity contribution in [3.05, 3.63) is 59.7 Å². The fourth-order valence-electron chi connectivity index (χ4n) is 3.76. The largest absolute Gasteiger partial charge is 0.244 e. The average Bonchev–Trinajstić information content (AvgIpc) is 3.01. The maximum Gasteiger partial charge on any atom is 0.244 e. The molecular formula is C21H28N2O4S2. The summed E-state index contributed by atoms with van der Waals surface area (Å²) in [6.07, 6.45) is -0.789. The summed E-state index contributed by atoms with van der Waals surface area (Å²) >= 11 is 0. The van der Waals surface area contributed by atoms with Gasteiger partial charge in [-0.2, -0.15) is 8.61 Å². The Kier molecular flexibility index (Phi) is 5.93. The van der Waals surface area contributed by atoms with Gasteiger partial charge >= 0.3 is 0 Å². The number of hydrogen-bond acceptors (Lipinski definition) is 4. The first-order chi connectivity index (χ1) is 13.5. The van der Waals surface area contributed by atoms with Crippen LogP contribution in [0.25, 0.3) is 0 Å². The minimum atomic E-state index is -3.85. The molecule has 158 valence electrons. The van der Waals surface area contributed by atoms with Gasteiger partial charge in [0.1, 0.15) is 0 Å². The Hall–Kier alpha value is -1.74. The lowest BCUT2D eigenvalue weighted by atomic mass is 10.2. The number of nitrogens with zero attached hydrogens (tertiary/aromatic N) is 2. The molecule has 6 nitrogen and oxygen atoms in total. The van der Waals surface area contributed by atoms with Crippen molar-refractivity contribution in [3.63, 3.8) is 0 Å². The molecule has 3 rings (SSSR count). The lowest BCUT2D eigenvalue weighted by molar-refractivity contribution is 0.208. The van der Waals surface area contributed by atoms with Gasteiger partial charge in [0.2, 0.25) is 20.0 Å². The second-order valence-electron chi connectivity index (χ2n) is 8.04. The summed E-state index contributed by atoms with van der Waals surface area (Å²) in [6.45, 7) is 9.34. The molecule has 0 bridgehead atoms. The average molecular weight is 437 g/mol. The van der Waals surface area contributed by atoms with Crippen LogP contribution >= 0.6 is 0 Å². The number of aryl methyl sites for hydroxylation is 2. The lowest BCUT2D eigenvalue weighted by Gasteiger charge is -2.33. The molecule has 0 spiro atoms. The van der Waals surface area contributed by atoms with E-state index in [1.807, 2.05) is 27.7 Å². The number of hydrogen-bond donors (Lipinski definition) is 0.